The van der Waals surface area contributed by atoms with Crippen molar-refractivity contribution in [2.45, 2.75) is 0 Å². The van der Waals surface area contributed by atoms with Crippen molar-refractivity contribution in [3.8, 4) is 0 Å². The van der Waals surface area contributed by atoms with Crippen LogP contribution in [0.5, 0.6) is 0 Å². The Morgan fingerprint density at radius 1 is 1.11 bits per heavy atom. The van der Waals surface area contributed by atoms with Crippen molar-refractivity contribution in [3.05, 3.63) is 63.0 Å². The first kappa shape index (κ1) is 18.3. The third-order valence-electron chi connectivity index (χ3n) is 3.68. The number of amides is 1. The molecule has 0 aliphatic rings. The maximum atomic E-state index is 12.6. The number of thiazole rings is 1. The van der Waals surface area contributed by atoms with Crippen LogP contribution in [0.25, 0.3) is 4.96 Å². The minimum absolute atomic E-state index is 0.00423. The lowest BCUT2D eigenvalue weighted by atomic mass is 10.1. The number of hydrogen-bond donors (Lipinski definition) is 1. The number of aromatic nitrogens is 2. The van der Waals surface area contributed by atoms with E-state index in [1.54, 1.807) is 5.38 Å². The molecule has 1 aromatic carbocycles. The largest absolute Gasteiger partial charge is 0.465 e. The number of fused-ring (bicyclic) bond motifs is 1. The number of carbonyl (C=O) groups excluding carboxylic acids is 3. The number of benzene rings is 1. The second kappa shape index (κ2) is 7.38. The van der Waals surface area contributed by atoms with Crippen molar-refractivity contribution in [2.24, 2.45) is 0 Å². The summed E-state index contributed by atoms with van der Waals surface area (Å²) >= 11 is 1.25. The van der Waals surface area contributed by atoms with E-state index < -0.39 is 23.4 Å². The average molecular weight is 387 g/mol. The van der Waals surface area contributed by atoms with Gasteiger partial charge >= 0.3 is 11.9 Å². The summed E-state index contributed by atoms with van der Waals surface area (Å²) in [5.41, 5.74) is -0.635. The highest BCUT2D eigenvalue weighted by Crippen LogP contribution is 2.20. The SMILES string of the molecule is COC(=O)c1ccc(C(=O)OC)c(NC(=O)c2cnc3sccn3c2=O)c1. The van der Waals surface area contributed by atoms with E-state index in [4.69, 9.17) is 0 Å². The summed E-state index contributed by atoms with van der Waals surface area (Å²) in [6, 6.07) is 3.95. The van der Waals surface area contributed by atoms with Gasteiger partial charge in [0.2, 0.25) is 0 Å². The number of rotatable bonds is 4. The zero-order chi connectivity index (χ0) is 19.6. The van der Waals surface area contributed by atoms with Gasteiger partial charge in [-0.2, -0.15) is 0 Å². The highest BCUT2D eigenvalue weighted by molar-refractivity contribution is 7.15. The van der Waals surface area contributed by atoms with E-state index in [-0.39, 0.29) is 22.4 Å². The number of carbonyl (C=O) groups is 3. The quantitative estimate of drug-likeness (QED) is 0.676. The normalized spacial score (nSPS) is 10.4. The fourth-order valence-electron chi connectivity index (χ4n) is 2.35. The Hall–Kier alpha value is -3.53. The fourth-order valence-corrected chi connectivity index (χ4v) is 3.03. The van der Waals surface area contributed by atoms with E-state index in [9.17, 15) is 19.2 Å². The summed E-state index contributed by atoms with van der Waals surface area (Å²) in [6.07, 6.45) is 2.66. The number of hydrogen-bond acceptors (Lipinski definition) is 8. The minimum atomic E-state index is -0.778. The summed E-state index contributed by atoms with van der Waals surface area (Å²) < 4.78 is 10.6. The molecule has 0 aliphatic heterocycles. The molecule has 0 saturated heterocycles. The molecule has 138 valence electrons. The molecule has 0 spiro atoms. The highest BCUT2D eigenvalue weighted by Gasteiger charge is 2.20. The minimum Gasteiger partial charge on any atom is -0.465 e. The lowest BCUT2D eigenvalue weighted by molar-refractivity contribution is 0.0587. The lowest BCUT2D eigenvalue weighted by Gasteiger charge is -2.11. The molecule has 1 N–H and O–H groups in total. The molecule has 0 saturated carbocycles. The first-order chi connectivity index (χ1) is 13.0. The molecule has 2 heterocycles. The fraction of sp³-hybridized carbons (Fsp3) is 0.118. The zero-order valence-corrected chi connectivity index (χ0v) is 15.0. The van der Waals surface area contributed by atoms with Crippen molar-refractivity contribution >= 4 is 39.8 Å². The van der Waals surface area contributed by atoms with E-state index in [0.29, 0.717) is 4.96 Å². The van der Waals surface area contributed by atoms with Crippen LogP contribution in [-0.4, -0.2) is 41.5 Å². The van der Waals surface area contributed by atoms with Crippen molar-refractivity contribution in [2.75, 3.05) is 19.5 Å². The standard InChI is InChI=1S/C17H13N3O6S/c1-25-15(23)9-3-4-10(16(24)26-2)12(7-9)19-13(21)11-8-18-17-20(14(11)22)5-6-27-17/h3-8H,1-2H3,(H,19,21). The Morgan fingerprint density at radius 2 is 1.85 bits per heavy atom. The van der Waals surface area contributed by atoms with Gasteiger partial charge in [-0.05, 0) is 18.2 Å². The highest BCUT2D eigenvalue weighted by atomic mass is 32.1. The van der Waals surface area contributed by atoms with Gasteiger partial charge in [0.05, 0.1) is 31.0 Å². The maximum Gasteiger partial charge on any atom is 0.339 e. The van der Waals surface area contributed by atoms with Crippen LogP contribution in [-0.2, 0) is 9.47 Å². The Balaban J connectivity index is 2.02. The second-order valence-electron chi connectivity index (χ2n) is 5.23. The van der Waals surface area contributed by atoms with Gasteiger partial charge in [0.25, 0.3) is 11.5 Å². The number of methoxy groups -OCH3 is 2. The lowest BCUT2D eigenvalue weighted by Crippen LogP contribution is -2.26. The molecule has 0 unspecified atom stereocenters. The molecule has 10 heteroatoms. The molecule has 3 rings (SSSR count). The Bertz CT molecular complexity index is 1120. The monoisotopic (exact) mass is 387 g/mol. The predicted molar refractivity (Wildman–Crippen MR) is 96.4 cm³/mol. The van der Waals surface area contributed by atoms with Gasteiger partial charge in [-0.25, -0.2) is 14.6 Å². The number of nitrogens with one attached hydrogen (secondary N) is 1. The van der Waals surface area contributed by atoms with Crippen LogP contribution in [0.3, 0.4) is 0 Å². The first-order valence-electron chi connectivity index (χ1n) is 7.53. The molecule has 0 bridgehead atoms. The number of esters is 2. The van der Waals surface area contributed by atoms with Crippen molar-refractivity contribution < 1.29 is 23.9 Å². The van der Waals surface area contributed by atoms with Gasteiger partial charge in [-0.15, -0.1) is 11.3 Å². The molecule has 3 aromatic rings. The van der Waals surface area contributed by atoms with Crippen LogP contribution in [0.2, 0.25) is 0 Å². The number of anilines is 1. The van der Waals surface area contributed by atoms with Gasteiger partial charge in [-0.1, -0.05) is 0 Å². The predicted octanol–water partition coefficient (Wildman–Crippen LogP) is 1.58. The summed E-state index contributed by atoms with van der Waals surface area (Å²) in [4.78, 5) is 53.2. The third kappa shape index (κ3) is 3.42. The van der Waals surface area contributed by atoms with Crippen LogP contribution >= 0.6 is 11.3 Å². The summed E-state index contributed by atoms with van der Waals surface area (Å²) in [5.74, 6) is -2.14. The van der Waals surface area contributed by atoms with Crippen LogP contribution in [0, 0.1) is 0 Å². The Labute approximate surface area is 156 Å². The molecule has 27 heavy (non-hydrogen) atoms. The molecule has 2 aromatic heterocycles. The average Bonchev–Trinajstić information content (AvgIpc) is 3.16. The van der Waals surface area contributed by atoms with E-state index in [1.807, 2.05) is 0 Å². The van der Waals surface area contributed by atoms with Gasteiger partial charge < -0.3 is 14.8 Å². The first-order valence-corrected chi connectivity index (χ1v) is 8.41. The number of ether oxygens (including phenoxy) is 2. The molecular formula is C17H13N3O6S. The number of nitrogens with zero attached hydrogens (tertiary/aromatic N) is 2. The molecule has 0 fully saturated rings. The van der Waals surface area contributed by atoms with E-state index in [1.165, 1.54) is 54.4 Å². The van der Waals surface area contributed by atoms with Crippen LogP contribution in [0.15, 0.2) is 40.8 Å². The van der Waals surface area contributed by atoms with Crippen LogP contribution in [0.1, 0.15) is 31.1 Å². The van der Waals surface area contributed by atoms with E-state index in [0.717, 1.165) is 6.20 Å². The van der Waals surface area contributed by atoms with Crippen molar-refractivity contribution in [3.63, 3.8) is 0 Å². The van der Waals surface area contributed by atoms with Crippen LogP contribution in [0.4, 0.5) is 5.69 Å². The van der Waals surface area contributed by atoms with E-state index >= 15 is 0 Å². The molecule has 0 radical (unpaired) electrons. The Morgan fingerprint density at radius 3 is 2.56 bits per heavy atom. The summed E-state index contributed by atoms with van der Waals surface area (Å²) in [6.45, 7) is 0. The molecule has 9 nitrogen and oxygen atoms in total. The summed E-state index contributed by atoms with van der Waals surface area (Å²) in [7, 11) is 2.39. The van der Waals surface area contributed by atoms with Crippen molar-refractivity contribution in [1.82, 2.24) is 9.38 Å². The smallest absolute Gasteiger partial charge is 0.339 e. The van der Waals surface area contributed by atoms with Gasteiger partial charge in [0, 0.05) is 17.8 Å². The Kier molecular flexibility index (Phi) is 4.99. The van der Waals surface area contributed by atoms with Gasteiger partial charge in [-0.3, -0.25) is 14.0 Å². The van der Waals surface area contributed by atoms with E-state index in [2.05, 4.69) is 19.8 Å². The third-order valence-corrected chi connectivity index (χ3v) is 4.45. The molecule has 0 aliphatic carbocycles. The van der Waals surface area contributed by atoms with Gasteiger partial charge in [0.15, 0.2) is 4.96 Å². The molecule has 1 amide bonds. The second-order valence-corrected chi connectivity index (χ2v) is 6.10. The zero-order valence-electron chi connectivity index (χ0n) is 14.2. The summed E-state index contributed by atoms with van der Waals surface area (Å²) in [5, 5.41) is 4.13. The molecule has 0 atom stereocenters. The van der Waals surface area contributed by atoms with Gasteiger partial charge in [0.1, 0.15) is 5.56 Å². The molecular weight excluding hydrogens is 374 g/mol. The van der Waals surface area contributed by atoms with Crippen molar-refractivity contribution in [1.29, 1.82) is 0 Å². The topological polar surface area (TPSA) is 116 Å². The van der Waals surface area contributed by atoms with Crippen LogP contribution < -0.4 is 10.9 Å². The maximum absolute atomic E-state index is 12.6.